The fraction of sp³-hybridized carbons (Fsp3) is 0.316. The van der Waals surface area contributed by atoms with Gasteiger partial charge in [-0.3, -0.25) is 9.10 Å². The van der Waals surface area contributed by atoms with Gasteiger partial charge >= 0.3 is 0 Å². The zero-order chi connectivity index (χ0) is 20.6. The Balaban J connectivity index is 2.44. The Morgan fingerprint density at radius 3 is 2.46 bits per heavy atom. The molecule has 7 nitrogen and oxygen atoms in total. The number of amides is 1. The van der Waals surface area contributed by atoms with Crippen molar-refractivity contribution in [1.29, 1.82) is 0 Å². The Morgan fingerprint density at radius 2 is 1.82 bits per heavy atom. The normalized spacial score (nSPS) is 11.1. The Hall–Kier alpha value is -2.29. The quantitative estimate of drug-likeness (QED) is 0.590. The SMILES string of the molecule is CCOc1ccccc1N(CC(=O)NCCOC)S(=O)(=O)c1ccc(Cl)cc1. The molecule has 1 amide bonds. The second-order valence-electron chi connectivity index (χ2n) is 5.71. The number of carbonyl (C=O) groups is 1. The Kier molecular flexibility index (Phi) is 8.10. The maximum atomic E-state index is 13.3. The van der Waals surface area contributed by atoms with Crippen molar-refractivity contribution in [2.75, 3.05) is 37.7 Å². The van der Waals surface area contributed by atoms with E-state index in [9.17, 15) is 13.2 Å². The van der Waals surface area contributed by atoms with Gasteiger partial charge in [0, 0.05) is 18.7 Å². The van der Waals surface area contributed by atoms with Crippen molar-refractivity contribution in [3.63, 3.8) is 0 Å². The number of sulfonamides is 1. The summed E-state index contributed by atoms with van der Waals surface area (Å²) < 4.78 is 38.1. The summed E-state index contributed by atoms with van der Waals surface area (Å²) in [6, 6.07) is 12.4. The van der Waals surface area contributed by atoms with Gasteiger partial charge in [0.25, 0.3) is 10.0 Å². The Bertz CT molecular complexity index is 887. The topological polar surface area (TPSA) is 84.9 Å². The van der Waals surface area contributed by atoms with Crippen LogP contribution in [0.15, 0.2) is 53.4 Å². The lowest BCUT2D eigenvalue weighted by atomic mass is 10.3. The highest BCUT2D eigenvalue weighted by atomic mass is 35.5. The van der Waals surface area contributed by atoms with Gasteiger partial charge in [-0.2, -0.15) is 0 Å². The van der Waals surface area contributed by atoms with Crippen LogP contribution in [0.2, 0.25) is 5.02 Å². The second-order valence-corrected chi connectivity index (χ2v) is 8.01. The largest absolute Gasteiger partial charge is 0.492 e. The molecule has 0 saturated carbocycles. The summed E-state index contributed by atoms with van der Waals surface area (Å²) in [7, 11) is -2.52. The number of hydrogen-bond acceptors (Lipinski definition) is 5. The first-order chi connectivity index (χ1) is 13.4. The van der Waals surface area contributed by atoms with Crippen LogP contribution in [-0.2, 0) is 19.6 Å². The number of para-hydroxylation sites is 2. The Morgan fingerprint density at radius 1 is 1.14 bits per heavy atom. The van der Waals surface area contributed by atoms with Gasteiger partial charge < -0.3 is 14.8 Å². The molecule has 0 aliphatic rings. The zero-order valence-electron chi connectivity index (χ0n) is 15.7. The maximum Gasteiger partial charge on any atom is 0.264 e. The third-order valence-electron chi connectivity index (χ3n) is 3.75. The molecule has 0 saturated heterocycles. The van der Waals surface area contributed by atoms with Gasteiger partial charge in [0.2, 0.25) is 5.91 Å². The summed E-state index contributed by atoms with van der Waals surface area (Å²) in [5.74, 6) is -0.0897. The summed E-state index contributed by atoms with van der Waals surface area (Å²) in [6.45, 7) is 2.35. The third kappa shape index (κ3) is 5.60. The van der Waals surface area contributed by atoms with E-state index in [1.807, 2.05) is 0 Å². The van der Waals surface area contributed by atoms with Crippen molar-refractivity contribution in [3.05, 3.63) is 53.6 Å². The predicted octanol–water partition coefficient (Wildman–Crippen LogP) is 2.70. The van der Waals surface area contributed by atoms with Crippen molar-refractivity contribution in [1.82, 2.24) is 5.32 Å². The minimum atomic E-state index is -4.03. The van der Waals surface area contributed by atoms with E-state index in [1.54, 1.807) is 31.2 Å². The van der Waals surface area contributed by atoms with Crippen LogP contribution in [0.1, 0.15) is 6.92 Å². The highest BCUT2D eigenvalue weighted by Crippen LogP contribution is 2.32. The van der Waals surface area contributed by atoms with Crippen LogP contribution in [0.25, 0.3) is 0 Å². The van der Waals surface area contributed by atoms with Crippen molar-refractivity contribution < 1.29 is 22.7 Å². The second kappa shape index (κ2) is 10.3. The van der Waals surface area contributed by atoms with E-state index in [-0.39, 0.29) is 17.1 Å². The fourth-order valence-corrected chi connectivity index (χ4v) is 4.01. The van der Waals surface area contributed by atoms with E-state index in [2.05, 4.69) is 5.32 Å². The van der Waals surface area contributed by atoms with Crippen molar-refractivity contribution in [2.45, 2.75) is 11.8 Å². The number of anilines is 1. The fourth-order valence-electron chi connectivity index (χ4n) is 2.45. The molecule has 0 spiro atoms. The predicted molar refractivity (Wildman–Crippen MR) is 108 cm³/mol. The van der Waals surface area contributed by atoms with E-state index >= 15 is 0 Å². The number of halogens is 1. The molecule has 0 aliphatic heterocycles. The molecule has 0 fully saturated rings. The first kappa shape index (κ1) is 22.0. The number of ether oxygens (including phenoxy) is 2. The van der Waals surface area contributed by atoms with E-state index in [0.29, 0.717) is 24.0 Å². The van der Waals surface area contributed by atoms with Crippen LogP contribution in [0.3, 0.4) is 0 Å². The maximum absolute atomic E-state index is 13.3. The molecule has 0 heterocycles. The van der Waals surface area contributed by atoms with E-state index in [4.69, 9.17) is 21.1 Å². The van der Waals surface area contributed by atoms with Crippen LogP contribution in [-0.4, -0.2) is 47.7 Å². The standard InChI is InChI=1S/C19H23ClN2O5S/c1-3-27-18-7-5-4-6-17(18)22(14-19(23)21-12-13-26-2)28(24,25)16-10-8-15(20)9-11-16/h4-11H,3,12-14H2,1-2H3,(H,21,23). The summed E-state index contributed by atoms with van der Waals surface area (Å²) in [4.78, 5) is 12.4. The van der Waals surface area contributed by atoms with Gasteiger partial charge in [-0.05, 0) is 43.3 Å². The lowest BCUT2D eigenvalue weighted by molar-refractivity contribution is -0.119. The van der Waals surface area contributed by atoms with Crippen molar-refractivity contribution >= 4 is 33.2 Å². The average molecular weight is 427 g/mol. The zero-order valence-corrected chi connectivity index (χ0v) is 17.3. The molecule has 0 radical (unpaired) electrons. The number of methoxy groups -OCH3 is 1. The molecule has 2 rings (SSSR count). The molecule has 0 bridgehead atoms. The van der Waals surface area contributed by atoms with E-state index in [0.717, 1.165) is 4.31 Å². The van der Waals surface area contributed by atoms with Gasteiger partial charge in [-0.25, -0.2) is 8.42 Å². The van der Waals surface area contributed by atoms with Gasteiger partial charge in [-0.1, -0.05) is 23.7 Å². The smallest absolute Gasteiger partial charge is 0.264 e. The molecule has 9 heteroatoms. The van der Waals surface area contributed by atoms with Gasteiger partial charge in [-0.15, -0.1) is 0 Å². The third-order valence-corrected chi connectivity index (χ3v) is 5.78. The minimum Gasteiger partial charge on any atom is -0.492 e. The molecule has 0 atom stereocenters. The number of rotatable bonds is 10. The number of benzene rings is 2. The molecule has 0 unspecified atom stereocenters. The van der Waals surface area contributed by atoms with Crippen LogP contribution in [0.5, 0.6) is 5.75 Å². The molecule has 0 aliphatic carbocycles. The molecular formula is C19H23ClN2O5S. The van der Waals surface area contributed by atoms with Crippen LogP contribution in [0.4, 0.5) is 5.69 Å². The van der Waals surface area contributed by atoms with Crippen LogP contribution >= 0.6 is 11.6 Å². The average Bonchev–Trinajstić information content (AvgIpc) is 2.67. The van der Waals surface area contributed by atoms with Gasteiger partial charge in [0.15, 0.2) is 0 Å². The highest BCUT2D eigenvalue weighted by Gasteiger charge is 2.29. The van der Waals surface area contributed by atoms with E-state index in [1.165, 1.54) is 31.4 Å². The first-order valence-corrected chi connectivity index (χ1v) is 10.5. The summed E-state index contributed by atoms with van der Waals surface area (Å²) >= 11 is 5.88. The molecular weight excluding hydrogens is 404 g/mol. The minimum absolute atomic E-state index is 0.0212. The summed E-state index contributed by atoms with van der Waals surface area (Å²) in [5, 5.41) is 3.05. The number of hydrogen-bond donors (Lipinski definition) is 1. The summed E-state index contributed by atoms with van der Waals surface area (Å²) in [5.41, 5.74) is 0.279. The monoisotopic (exact) mass is 426 g/mol. The first-order valence-electron chi connectivity index (χ1n) is 8.66. The van der Waals surface area contributed by atoms with Gasteiger partial charge in [0.05, 0.1) is 23.8 Å². The summed E-state index contributed by atoms with van der Waals surface area (Å²) in [6.07, 6.45) is 0. The number of nitrogens with zero attached hydrogens (tertiary/aromatic N) is 1. The van der Waals surface area contributed by atoms with Crippen molar-refractivity contribution in [3.8, 4) is 5.75 Å². The Labute approximate surface area is 170 Å². The lowest BCUT2D eigenvalue weighted by Gasteiger charge is -2.26. The number of carbonyl (C=O) groups excluding carboxylic acids is 1. The molecule has 2 aromatic carbocycles. The molecule has 28 heavy (non-hydrogen) atoms. The van der Waals surface area contributed by atoms with E-state index < -0.39 is 22.5 Å². The molecule has 2 aromatic rings. The van der Waals surface area contributed by atoms with Crippen molar-refractivity contribution in [2.24, 2.45) is 0 Å². The molecule has 1 N–H and O–H groups in total. The van der Waals surface area contributed by atoms with Gasteiger partial charge in [0.1, 0.15) is 12.3 Å². The molecule has 0 aromatic heterocycles. The van der Waals surface area contributed by atoms with Crippen LogP contribution in [0, 0.1) is 0 Å². The lowest BCUT2D eigenvalue weighted by Crippen LogP contribution is -2.41. The highest BCUT2D eigenvalue weighted by molar-refractivity contribution is 7.92. The molecule has 152 valence electrons. The van der Waals surface area contributed by atoms with Crippen LogP contribution < -0.4 is 14.4 Å². The number of nitrogens with one attached hydrogen (secondary N) is 1.